The molecule has 1 aromatic rings. The number of aryl methyl sites for hydroxylation is 3. The molecule has 0 aliphatic carbocycles. The smallest absolute Gasteiger partial charge is 0.175 e. The number of carbonyl (C=O) groups excluding carboxylic acids is 1. The summed E-state index contributed by atoms with van der Waals surface area (Å²) in [5, 5.41) is 0.361. The van der Waals surface area contributed by atoms with Crippen molar-refractivity contribution in [2.24, 2.45) is 0 Å². The molecule has 2 nitrogen and oxygen atoms in total. The van der Waals surface area contributed by atoms with Gasteiger partial charge in [0.1, 0.15) is 0 Å². The van der Waals surface area contributed by atoms with Gasteiger partial charge in [0.15, 0.2) is 5.78 Å². The van der Waals surface area contributed by atoms with E-state index in [1.807, 2.05) is 26.8 Å². The summed E-state index contributed by atoms with van der Waals surface area (Å²) in [5.74, 6) is 0.0995. The molecule has 1 aromatic heterocycles. The van der Waals surface area contributed by atoms with Gasteiger partial charge in [0.2, 0.25) is 0 Å². The number of hydrogen-bond donors (Lipinski definition) is 0. The van der Waals surface area contributed by atoms with Crippen LogP contribution < -0.4 is 0 Å². The number of hydrogen-bond acceptors (Lipinski definition) is 2. The Balaban J connectivity index is 3.28. The van der Waals surface area contributed by atoms with Crippen molar-refractivity contribution < 1.29 is 4.79 Å². The van der Waals surface area contributed by atoms with Gasteiger partial charge in [-0.1, -0.05) is 15.9 Å². The Labute approximate surface area is 86.5 Å². The largest absolute Gasteiger partial charge is 0.293 e. The molecule has 0 N–H and O–H groups in total. The van der Waals surface area contributed by atoms with Crippen molar-refractivity contribution >= 4 is 21.7 Å². The Morgan fingerprint density at radius 1 is 1.46 bits per heavy atom. The van der Waals surface area contributed by atoms with Crippen LogP contribution in [0.25, 0.3) is 0 Å². The van der Waals surface area contributed by atoms with Gasteiger partial charge in [0, 0.05) is 17.0 Å². The first-order valence-electron chi connectivity index (χ1n) is 4.10. The van der Waals surface area contributed by atoms with Gasteiger partial charge >= 0.3 is 0 Å². The molecule has 0 aliphatic heterocycles. The molecule has 0 aromatic carbocycles. The number of alkyl halides is 1. The van der Waals surface area contributed by atoms with Crippen LogP contribution in [0.1, 0.15) is 27.3 Å². The van der Waals surface area contributed by atoms with Gasteiger partial charge in [-0.25, -0.2) is 0 Å². The minimum Gasteiger partial charge on any atom is -0.293 e. The number of nitrogens with zero attached hydrogens (tertiary/aromatic N) is 1. The summed E-state index contributed by atoms with van der Waals surface area (Å²) in [4.78, 5) is 15.7. The van der Waals surface area contributed by atoms with Crippen LogP contribution in [-0.4, -0.2) is 16.1 Å². The molecule has 1 rings (SSSR count). The van der Waals surface area contributed by atoms with Gasteiger partial charge in [0.25, 0.3) is 0 Å². The van der Waals surface area contributed by atoms with E-state index >= 15 is 0 Å². The van der Waals surface area contributed by atoms with Crippen LogP contribution in [0, 0.1) is 20.8 Å². The number of halogens is 1. The van der Waals surface area contributed by atoms with Crippen molar-refractivity contribution in [3.63, 3.8) is 0 Å². The summed E-state index contributed by atoms with van der Waals surface area (Å²) in [7, 11) is 0. The summed E-state index contributed by atoms with van der Waals surface area (Å²) in [6, 6.07) is 1.93. The van der Waals surface area contributed by atoms with Gasteiger partial charge in [-0.05, 0) is 32.4 Å². The Hall–Kier alpha value is -0.700. The number of Topliss-reactive ketones (excluding diaryl/α,β-unsaturated/α-hetero) is 1. The van der Waals surface area contributed by atoms with Crippen LogP contribution in [0.3, 0.4) is 0 Å². The molecule has 0 radical (unpaired) electrons. The minimum absolute atomic E-state index is 0.0995. The first kappa shape index (κ1) is 10.4. The van der Waals surface area contributed by atoms with Gasteiger partial charge in [-0.3, -0.25) is 9.78 Å². The average molecular weight is 242 g/mol. The maximum absolute atomic E-state index is 11.5. The van der Waals surface area contributed by atoms with Crippen LogP contribution in [0.4, 0.5) is 0 Å². The second-order valence-corrected chi connectivity index (χ2v) is 3.66. The lowest BCUT2D eigenvalue weighted by Crippen LogP contribution is -2.07. The van der Waals surface area contributed by atoms with Crippen molar-refractivity contribution in [3.05, 3.63) is 28.6 Å². The third-order valence-corrected chi connectivity index (χ3v) is 2.44. The zero-order valence-electron chi connectivity index (χ0n) is 8.02. The van der Waals surface area contributed by atoms with Crippen molar-refractivity contribution in [2.75, 3.05) is 5.33 Å². The molecule has 3 heteroatoms. The van der Waals surface area contributed by atoms with Crippen LogP contribution >= 0.6 is 15.9 Å². The predicted molar refractivity (Wildman–Crippen MR) is 56.6 cm³/mol. The summed E-state index contributed by atoms with van der Waals surface area (Å²) in [6.07, 6.45) is 0. The second-order valence-electron chi connectivity index (χ2n) is 3.10. The zero-order valence-corrected chi connectivity index (χ0v) is 9.60. The molecule has 0 bridgehead atoms. The van der Waals surface area contributed by atoms with Crippen LogP contribution in [0.5, 0.6) is 0 Å². The van der Waals surface area contributed by atoms with Crippen molar-refractivity contribution in [1.82, 2.24) is 4.98 Å². The van der Waals surface area contributed by atoms with Gasteiger partial charge < -0.3 is 0 Å². The molecule has 0 saturated heterocycles. The molecule has 1 heterocycles. The van der Waals surface area contributed by atoms with Crippen LogP contribution in [-0.2, 0) is 0 Å². The number of carbonyl (C=O) groups is 1. The Morgan fingerprint density at radius 3 is 2.54 bits per heavy atom. The number of rotatable bonds is 2. The first-order chi connectivity index (χ1) is 6.06. The second kappa shape index (κ2) is 4.01. The third kappa shape index (κ3) is 2.15. The topological polar surface area (TPSA) is 30.0 Å². The monoisotopic (exact) mass is 241 g/mol. The predicted octanol–water partition coefficient (Wildman–Crippen LogP) is 2.58. The molecule has 0 amide bonds. The molecular formula is C10H12BrNO. The third-order valence-electron chi connectivity index (χ3n) is 1.93. The van der Waals surface area contributed by atoms with Crippen molar-refractivity contribution in [3.8, 4) is 0 Å². The number of aromatic nitrogens is 1. The van der Waals surface area contributed by atoms with Crippen LogP contribution in [0.15, 0.2) is 6.07 Å². The Kier molecular flexibility index (Phi) is 3.20. The van der Waals surface area contributed by atoms with E-state index in [4.69, 9.17) is 0 Å². The van der Waals surface area contributed by atoms with Gasteiger partial charge in [0.05, 0.1) is 5.33 Å². The lowest BCUT2D eigenvalue weighted by Gasteiger charge is -2.07. The lowest BCUT2D eigenvalue weighted by atomic mass is 10.0. The zero-order chi connectivity index (χ0) is 10.0. The normalized spacial score (nSPS) is 10.2. The molecule has 70 valence electrons. The maximum Gasteiger partial charge on any atom is 0.175 e. The van der Waals surface area contributed by atoms with Crippen molar-refractivity contribution in [2.45, 2.75) is 20.8 Å². The average Bonchev–Trinajstić information content (AvgIpc) is 2.02. The number of ketones is 1. The van der Waals surface area contributed by atoms with Crippen molar-refractivity contribution in [1.29, 1.82) is 0 Å². The van der Waals surface area contributed by atoms with E-state index in [0.29, 0.717) is 5.33 Å². The lowest BCUT2D eigenvalue weighted by molar-refractivity contribution is 0.102. The SMILES string of the molecule is Cc1cc(C)c(C(=O)CBr)c(C)n1. The highest BCUT2D eigenvalue weighted by Crippen LogP contribution is 2.14. The van der Waals surface area contributed by atoms with E-state index < -0.39 is 0 Å². The summed E-state index contributed by atoms with van der Waals surface area (Å²) >= 11 is 3.16. The molecule has 13 heavy (non-hydrogen) atoms. The maximum atomic E-state index is 11.5. The van der Waals surface area contributed by atoms with E-state index in [-0.39, 0.29) is 5.78 Å². The van der Waals surface area contributed by atoms with E-state index in [0.717, 1.165) is 22.5 Å². The highest BCUT2D eigenvalue weighted by Gasteiger charge is 2.11. The fraction of sp³-hybridized carbons (Fsp3) is 0.400. The molecule has 0 atom stereocenters. The molecular weight excluding hydrogens is 230 g/mol. The molecule has 0 saturated carbocycles. The standard InChI is InChI=1S/C10H12BrNO/c1-6-4-7(2)12-8(3)10(6)9(13)5-11/h4H,5H2,1-3H3. The highest BCUT2D eigenvalue weighted by atomic mass is 79.9. The summed E-state index contributed by atoms with van der Waals surface area (Å²) < 4.78 is 0. The van der Waals surface area contributed by atoms with Gasteiger partial charge in [-0.2, -0.15) is 0 Å². The van der Waals surface area contributed by atoms with E-state index in [9.17, 15) is 4.79 Å². The molecule has 0 fully saturated rings. The minimum atomic E-state index is 0.0995. The highest BCUT2D eigenvalue weighted by molar-refractivity contribution is 9.09. The summed E-state index contributed by atoms with van der Waals surface area (Å²) in [6.45, 7) is 5.75. The molecule has 0 unspecified atom stereocenters. The molecule has 0 aliphatic rings. The fourth-order valence-corrected chi connectivity index (χ4v) is 1.79. The van der Waals surface area contributed by atoms with Crippen LogP contribution in [0.2, 0.25) is 0 Å². The Morgan fingerprint density at radius 2 is 2.08 bits per heavy atom. The quantitative estimate of drug-likeness (QED) is 0.589. The summed E-state index contributed by atoms with van der Waals surface area (Å²) in [5.41, 5.74) is 3.54. The first-order valence-corrected chi connectivity index (χ1v) is 5.22. The molecule has 0 spiro atoms. The van der Waals surface area contributed by atoms with E-state index in [1.54, 1.807) is 0 Å². The fourth-order valence-electron chi connectivity index (χ4n) is 1.51. The van der Waals surface area contributed by atoms with E-state index in [1.165, 1.54) is 0 Å². The van der Waals surface area contributed by atoms with Gasteiger partial charge in [-0.15, -0.1) is 0 Å². The van der Waals surface area contributed by atoms with E-state index in [2.05, 4.69) is 20.9 Å². The number of pyridine rings is 1. The Bertz CT molecular complexity index is 324.